The molecule has 3 aromatic carbocycles. The highest BCUT2D eigenvalue weighted by Crippen LogP contribution is 2.30. The molecule has 7 nitrogen and oxygen atoms in total. The minimum Gasteiger partial charge on any atom is -0.483 e. The van der Waals surface area contributed by atoms with Gasteiger partial charge in [-0.05, 0) is 42.7 Å². The summed E-state index contributed by atoms with van der Waals surface area (Å²) < 4.78 is 11.3. The number of aryl methyl sites for hydroxylation is 2. The van der Waals surface area contributed by atoms with Crippen molar-refractivity contribution in [1.82, 2.24) is 5.32 Å². The van der Waals surface area contributed by atoms with Crippen molar-refractivity contribution in [3.05, 3.63) is 111 Å². The monoisotopic (exact) mass is 471 g/mol. The summed E-state index contributed by atoms with van der Waals surface area (Å²) in [6, 6.07) is 20.5. The molecule has 0 saturated heterocycles. The molecular weight excluding hydrogens is 446 g/mol. The van der Waals surface area contributed by atoms with Gasteiger partial charge in [0.05, 0.1) is 0 Å². The van der Waals surface area contributed by atoms with Crippen molar-refractivity contribution in [2.75, 3.05) is 6.61 Å². The maximum Gasteiger partial charge on any atom is 0.340 e. The number of carbonyl (C=O) groups excluding carboxylic acids is 1. The van der Waals surface area contributed by atoms with E-state index in [1.807, 2.05) is 37.3 Å². The standard InChI is InChI=1S/C28H25NO6/c1-17-21-13-14-23(34-16-24(30)29-25(27(31)32)20-11-7-4-8-12-20)18(2)26(21)35-28(33)22(17)15-19-9-5-3-6-10-19/h3-14,25H,15-16H2,1-2H3,(H,29,30)(H,31,32). The molecule has 4 aromatic rings. The predicted octanol–water partition coefficient (Wildman–Crippen LogP) is 4.32. The molecule has 0 radical (unpaired) electrons. The van der Waals surface area contributed by atoms with Crippen LogP contribution in [0.1, 0.15) is 33.9 Å². The molecule has 35 heavy (non-hydrogen) atoms. The van der Waals surface area contributed by atoms with E-state index in [4.69, 9.17) is 9.15 Å². The molecule has 178 valence electrons. The predicted molar refractivity (Wildman–Crippen MR) is 132 cm³/mol. The lowest BCUT2D eigenvalue weighted by Gasteiger charge is -2.16. The normalized spacial score (nSPS) is 11.7. The minimum absolute atomic E-state index is 0.373. The van der Waals surface area contributed by atoms with E-state index in [9.17, 15) is 19.5 Å². The van der Waals surface area contributed by atoms with Crippen LogP contribution in [0.3, 0.4) is 0 Å². The highest BCUT2D eigenvalue weighted by Gasteiger charge is 2.22. The first kappa shape index (κ1) is 23.8. The Labute approximate surface area is 202 Å². The molecule has 7 heteroatoms. The number of amides is 1. The lowest BCUT2D eigenvalue weighted by atomic mass is 9.98. The summed E-state index contributed by atoms with van der Waals surface area (Å²) in [4.78, 5) is 36.8. The molecule has 1 heterocycles. The Balaban J connectivity index is 1.53. The SMILES string of the molecule is Cc1c(Cc2ccccc2)c(=O)oc2c(C)c(OCC(=O)NC(C(=O)O)c3ccccc3)ccc12. The van der Waals surface area contributed by atoms with Crippen molar-refractivity contribution in [2.24, 2.45) is 0 Å². The Morgan fingerprint density at radius 3 is 2.26 bits per heavy atom. The van der Waals surface area contributed by atoms with Gasteiger partial charge in [0.15, 0.2) is 12.6 Å². The zero-order valence-corrected chi connectivity index (χ0v) is 19.4. The summed E-state index contributed by atoms with van der Waals surface area (Å²) in [6.45, 7) is 3.25. The van der Waals surface area contributed by atoms with Crippen LogP contribution in [0.25, 0.3) is 11.0 Å². The lowest BCUT2D eigenvalue weighted by Crippen LogP contribution is -2.36. The second-order valence-electron chi connectivity index (χ2n) is 8.26. The zero-order valence-electron chi connectivity index (χ0n) is 19.4. The molecule has 1 amide bonds. The summed E-state index contributed by atoms with van der Waals surface area (Å²) in [5, 5.41) is 12.8. The van der Waals surface area contributed by atoms with E-state index >= 15 is 0 Å². The molecule has 0 bridgehead atoms. The Morgan fingerprint density at radius 1 is 0.943 bits per heavy atom. The van der Waals surface area contributed by atoms with Gasteiger partial charge < -0.3 is 19.6 Å². The number of ether oxygens (including phenoxy) is 1. The summed E-state index contributed by atoms with van der Waals surface area (Å²) in [5.74, 6) is -1.39. The zero-order chi connectivity index (χ0) is 24.9. The van der Waals surface area contributed by atoms with Gasteiger partial charge in [-0.2, -0.15) is 0 Å². The van der Waals surface area contributed by atoms with Crippen molar-refractivity contribution >= 4 is 22.8 Å². The number of nitrogens with one attached hydrogen (secondary N) is 1. The van der Waals surface area contributed by atoms with E-state index in [-0.39, 0.29) is 0 Å². The van der Waals surface area contributed by atoms with E-state index in [1.165, 1.54) is 0 Å². The first-order valence-electron chi connectivity index (χ1n) is 11.1. The van der Waals surface area contributed by atoms with E-state index in [2.05, 4.69) is 5.32 Å². The second kappa shape index (κ2) is 10.3. The molecule has 0 spiro atoms. The molecule has 1 unspecified atom stereocenters. The fourth-order valence-electron chi connectivity index (χ4n) is 4.01. The molecule has 0 saturated carbocycles. The molecule has 0 aliphatic heterocycles. The Kier molecular flexibility index (Phi) is 6.96. The highest BCUT2D eigenvalue weighted by molar-refractivity contribution is 5.87. The van der Waals surface area contributed by atoms with Gasteiger partial charge >= 0.3 is 11.6 Å². The fourth-order valence-corrected chi connectivity index (χ4v) is 4.01. The topological polar surface area (TPSA) is 106 Å². The fraction of sp³-hybridized carbons (Fsp3) is 0.179. The highest BCUT2D eigenvalue weighted by atomic mass is 16.5. The lowest BCUT2D eigenvalue weighted by molar-refractivity contribution is -0.142. The van der Waals surface area contributed by atoms with E-state index < -0.39 is 30.2 Å². The van der Waals surface area contributed by atoms with Crippen molar-refractivity contribution in [3.63, 3.8) is 0 Å². The Bertz CT molecular complexity index is 1430. The first-order valence-corrected chi connectivity index (χ1v) is 11.1. The van der Waals surface area contributed by atoms with Crippen LogP contribution in [0.2, 0.25) is 0 Å². The molecule has 1 atom stereocenters. The van der Waals surface area contributed by atoms with Gasteiger partial charge in [-0.3, -0.25) is 4.79 Å². The number of rotatable bonds is 8. The quantitative estimate of drug-likeness (QED) is 0.371. The summed E-state index contributed by atoms with van der Waals surface area (Å²) >= 11 is 0. The van der Waals surface area contributed by atoms with Gasteiger partial charge in [0.1, 0.15) is 11.3 Å². The minimum atomic E-state index is -1.19. The van der Waals surface area contributed by atoms with Gasteiger partial charge in [-0.25, -0.2) is 9.59 Å². The van der Waals surface area contributed by atoms with Crippen LogP contribution in [0.15, 0.2) is 82.0 Å². The van der Waals surface area contributed by atoms with Gasteiger partial charge in [0.25, 0.3) is 5.91 Å². The van der Waals surface area contributed by atoms with Crippen LogP contribution >= 0.6 is 0 Å². The average molecular weight is 472 g/mol. The number of benzene rings is 3. The molecule has 1 aromatic heterocycles. The van der Waals surface area contributed by atoms with E-state index in [1.54, 1.807) is 49.4 Å². The molecule has 0 fully saturated rings. The largest absolute Gasteiger partial charge is 0.483 e. The number of carboxylic acids is 1. The van der Waals surface area contributed by atoms with Gasteiger partial charge in [-0.15, -0.1) is 0 Å². The van der Waals surface area contributed by atoms with Gasteiger partial charge in [-0.1, -0.05) is 60.7 Å². The first-order chi connectivity index (χ1) is 16.8. The number of fused-ring (bicyclic) bond motifs is 1. The summed E-state index contributed by atoms with van der Waals surface area (Å²) in [6.07, 6.45) is 0.467. The van der Waals surface area contributed by atoms with Crippen LogP contribution in [0, 0.1) is 13.8 Å². The van der Waals surface area contributed by atoms with Crippen molar-refractivity contribution in [2.45, 2.75) is 26.3 Å². The maximum absolute atomic E-state index is 12.8. The molecular formula is C28H25NO6. The van der Waals surface area contributed by atoms with Crippen LogP contribution in [-0.4, -0.2) is 23.6 Å². The van der Waals surface area contributed by atoms with E-state index in [0.29, 0.717) is 34.4 Å². The van der Waals surface area contributed by atoms with Crippen molar-refractivity contribution < 1.29 is 23.8 Å². The number of hydrogen-bond donors (Lipinski definition) is 2. The molecule has 0 aliphatic rings. The van der Waals surface area contributed by atoms with Crippen LogP contribution in [0.5, 0.6) is 5.75 Å². The number of aliphatic carboxylic acids is 1. The average Bonchev–Trinajstić information content (AvgIpc) is 2.86. The van der Waals surface area contributed by atoms with Crippen LogP contribution in [-0.2, 0) is 16.0 Å². The van der Waals surface area contributed by atoms with Crippen LogP contribution < -0.4 is 15.7 Å². The third-order valence-corrected chi connectivity index (χ3v) is 5.92. The summed E-state index contributed by atoms with van der Waals surface area (Å²) in [7, 11) is 0. The second-order valence-corrected chi connectivity index (χ2v) is 8.26. The third kappa shape index (κ3) is 5.24. The smallest absolute Gasteiger partial charge is 0.340 e. The van der Waals surface area contributed by atoms with Gasteiger partial charge in [0.2, 0.25) is 0 Å². The van der Waals surface area contributed by atoms with Crippen molar-refractivity contribution in [3.8, 4) is 5.75 Å². The van der Waals surface area contributed by atoms with Crippen molar-refractivity contribution in [1.29, 1.82) is 0 Å². The Morgan fingerprint density at radius 2 is 1.60 bits per heavy atom. The number of carboxylic acid groups (broad SMARTS) is 1. The van der Waals surface area contributed by atoms with Crippen LogP contribution in [0.4, 0.5) is 0 Å². The number of hydrogen-bond acceptors (Lipinski definition) is 5. The van der Waals surface area contributed by atoms with E-state index in [0.717, 1.165) is 16.5 Å². The Hall–Kier alpha value is -4.39. The third-order valence-electron chi connectivity index (χ3n) is 5.92. The number of carbonyl (C=O) groups is 2. The molecule has 0 aliphatic carbocycles. The van der Waals surface area contributed by atoms with Gasteiger partial charge in [0, 0.05) is 22.9 Å². The summed E-state index contributed by atoms with van der Waals surface area (Å²) in [5.41, 5.74) is 3.47. The molecule has 2 N–H and O–H groups in total. The molecule has 4 rings (SSSR count). The maximum atomic E-state index is 12.8.